The minimum absolute atomic E-state index is 0.00913. The minimum Gasteiger partial charge on any atom is -0.350 e. The van der Waals surface area contributed by atoms with Crippen LogP contribution in [0.1, 0.15) is 5.69 Å². The maximum atomic E-state index is 11.0. The molecule has 0 aliphatic rings. The number of hydrogen-bond donors (Lipinski definition) is 3. The Balaban J connectivity index is 1.82. The standard InChI is InChI=1S/C11H9N5O3S/c17-11-13-6(5-20-11)4-12-10-14-8-2-1-7(16(18)19)3-9(8)15-10/h1-3,5H,4H2,(H,13,17)(H2,12,14,15). The monoisotopic (exact) mass is 291 g/mol. The molecule has 0 spiro atoms. The van der Waals surface area contributed by atoms with Crippen LogP contribution < -0.4 is 10.2 Å². The Morgan fingerprint density at radius 1 is 1.40 bits per heavy atom. The number of aromatic amines is 2. The van der Waals surface area contributed by atoms with Crippen LogP contribution >= 0.6 is 11.3 Å². The Bertz CT molecular complexity index is 834. The smallest absolute Gasteiger partial charge is 0.304 e. The lowest BCUT2D eigenvalue weighted by Gasteiger charge is -1.98. The highest BCUT2D eigenvalue weighted by Gasteiger charge is 2.09. The number of nitrogens with zero attached hydrogens (tertiary/aromatic N) is 2. The van der Waals surface area contributed by atoms with Crippen LogP contribution in [0.5, 0.6) is 0 Å². The summed E-state index contributed by atoms with van der Waals surface area (Å²) in [6, 6.07) is 4.42. The molecule has 0 atom stereocenters. The third kappa shape index (κ3) is 2.38. The van der Waals surface area contributed by atoms with Crippen LogP contribution in [0.4, 0.5) is 11.6 Å². The molecule has 2 aromatic heterocycles. The number of nitro benzene ring substituents is 1. The molecule has 3 N–H and O–H groups in total. The predicted molar refractivity (Wildman–Crippen MR) is 75.0 cm³/mol. The first-order valence-corrected chi connectivity index (χ1v) is 6.54. The topological polar surface area (TPSA) is 117 Å². The van der Waals surface area contributed by atoms with E-state index in [-0.39, 0.29) is 10.6 Å². The van der Waals surface area contributed by atoms with Gasteiger partial charge in [0.15, 0.2) is 0 Å². The van der Waals surface area contributed by atoms with Crippen molar-refractivity contribution in [2.75, 3.05) is 5.32 Å². The van der Waals surface area contributed by atoms with Crippen molar-refractivity contribution in [3.05, 3.63) is 49.1 Å². The summed E-state index contributed by atoms with van der Waals surface area (Å²) in [4.78, 5) is 31.0. The van der Waals surface area contributed by atoms with Crippen LogP contribution in [0.15, 0.2) is 28.4 Å². The number of fused-ring (bicyclic) bond motifs is 1. The number of benzene rings is 1. The summed E-state index contributed by atoms with van der Waals surface area (Å²) >= 11 is 1.09. The zero-order valence-electron chi connectivity index (χ0n) is 10.0. The lowest BCUT2D eigenvalue weighted by Crippen LogP contribution is -2.03. The lowest BCUT2D eigenvalue weighted by atomic mass is 10.3. The van der Waals surface area contributed by atoms with Gasteiger partial charge in [0, 0.05) is 23.2 Å². The average molecular weight is 291 g/mol. The van der Waals surface area contributed by atoms with E-state index in [1.807, 2.05) is 0 Å². The molecule has 0 aliphatic heterocycles. The van der Waals surface area contributed by atoms with E-state index in [4.69, 9.17) is 0 Å². The maximum Gasteiger partial charge on any atom is 0.304 e. The van der Waals surface area contributed by atoms with Crippen molar-refractivity contribution in [1.29, 1.82) is 0 Å². The van der Waals surface area contributed by atoms with Crippen molar-refractivity contribution in [3.8, 4) is 0 Å². The van der Waals surface area contributed by atoms with E-state index < -0.39 is 4.92 Å². The van der Waals surface area contributed by atoms with Gasteiger partial charge in [-0.1, -0.05) is 11.3 Å². The molecule has 0 aliphatic carbocycles. The van der Waals surface area contributed by atoms with E-state index in [9.17, 15) is 14.9 Å². The second kappa shape index (κ2) is 4.78. The Labute approximate surface area is 115 Å². The van der Waals surface area contributed by atoms with Gasteiger partial charge >= 0.3 is 4.87 Å². The van der Waals surface area contributed by atoms with Gasteiger partial charge in [-0.2, -0.15) is 0 Å². The Kier molecular flexibility index (Phi) is 2.95. The summed E-state index contributed by atoms with van der Waals surface area (Å²) in [6.45, 7) is 0.417. The molecule has 9 heteroatoms. The number of nitrogens with one attached hydrogen (secondary N) is 3. The molecule has 0 radical (unpaired) electrons. The van der Waals surface area contributed by atoms with Gasteiger partial charge in [0.25, 0.3) is 5.69 Å². The van der Waals surface area contributed by atoms with Gasteiger partial charge in [-0.25, -0.2) is 4.98 Å². The van der Waals surface area contributed by atoms with E-state index in [0.717, 1.165) is 17.0 Å². The highest BCUT2D eigenvalue weighted by atomic mass is 32.1. The molecular weight excluding hydrogens is 282 g/mol. The predicted octanol–water partition coefficient (Wildman–Crippen LogP) is 1.83. The first-order valence-electron chi connectivity index (χ1n) is 5.66. The fraction of sp³-hybridized carbons (Fsp3) is 0.0909. The molecule has 102 valence electrons. The van der Waals surface area contributed by atoms with Gasteiger partial charge in [0.1, 0.15) is 0 Å². The molecule has 0 unspecified atom stereocenters. The van der Waals surface area contributed by atoms with E-state index in [1.54, 1.807) is 11.4 Å². The second-order valence-corrected chi connectivity index (χ2v) is 4.91. The third-order valence-corrected chi connectivity index (χ3v) is 3.41. The minimum atomic E-state index is -0.455. The zero-order valence-corrected chi connectivity index (χ0v) is 10.9. The Morgan fingerprint density at radius 3 is 2.95 bits per heavy atom. The fourth-order valence-corrected chi connectivity index (χ4v) is 2.36. The summed E-state index contributed by atoms with van der Waals surface area (Å²) in [5.41, 5.74) is 1.98. The molecule has 3 aromatic rings. The molecule has 0 bridgehead atoms. The number of rotatable bonds is 4. The Morgan fingerprint density at radius 2 is 2.25 bits per heavy atom. The fourth-order valence-electron chi connectivity index (χ4n) is 1.77. The van der Waals surface area contributed by atoms with Crippen LogP contribution in [0.25, 0.3) is 11.0 Å². The van der Waals surface area contributed by atoms with Crippen LogP contribution in [-0.2, 0) is 6.54 Å². The second-order valence-electron chi connectivity index (χ2n) is 4.07. The van der Waals surface area contributed by atoms with Crippen molar-refractivity contribution in [3.63, 3.8) is 0 Å². The van der Waals surface area contributed by atoms with Gasteiger partial charge in [-0.3, -0.25) is 14.9 Å². The van der Waals surface area contributed by atoms with Gasteiger partial charge in [0.2, 0.25) is 5.95 Å². The normalized spacial score (nSPS) is 10.8. The van der Waals surface area contributed by atoms with E-state index >= 15 is 0 Å². The average Bonchev–Trinajstić information content (AvgIpc) is 3.00. The molecule has 0 saturated heterocycles. The van der Waals surface area contributed by atoms with Crippen LogP contribution in [0.3, 0.4) is 0 Å². The number of nitro groups is 1. The summed E-state index contributed by atoms with van der Waals surface area (Å²) < 4.78 is 0. The van der Waals surface area contributed by atoms with Gasteiger partial charge < -0.3 is 15.3 Å². The molecule has 2 heterocycles. The first-order chi connectivity index (χ1) is 9.61. The lowest BCUT2D eigenvalue weighted by molar-refractivity contribution is -0.384. The van der Waals surface area contributed by atoms with Crippen LogP contribution in [-0.4, -0.2) is 19.9 Å². The van der Waals surface area contributed by atoms with Crippen molar-refractivity contribution < 1.29 is 4.92 Å². The number of thiazole rings is 1. The number of aromatic nitrogens is 3. The summed E-state index contributed by atoms with van der Waals surface area (Å²) in [5, 5.41) is 15.4. The number of non-ortho nitro benzene ring substituents is 1. The van der Waals surface area contributed by atoms with Crippen LogP contribution in [0.2, 0.25) is 0 Å². The SMILES string of the molecule is O=c1[nH]c(CNc2nc3ccc([N+](=O)[O-])cc3[nH]2)cs1. The number of imidazole rings is 1. The van der Waals surface area contributed by atoms with E-state index in [2.05, 4.69) is 20.3 Å². The summed E-state index contributed by atoms with van der Waals surface area (Å²) in [6.07, 6.45) is 0. The number of hydrogen-bond acceptors (Lipinski definition) is 6. The quantitative estimate of drug-likeness (QED) is 0.501. The molecule has 8 nitrogen and oxygen atoms in total. The van der Waals surface area contributed by atoms with Crippen molar-refractivity contribution >= 4 is 34.0 Å². The van der Waals surface area contributed by atoms with E-state index in [1.165, 1.54) is 12.1 Å². The summed E-state index contributed by atoms with van der Waals surface area (Å²) in [7, 11) is 0. The molecule has 0 saturated carbocycles. The highest BCUT2D eigenvalue weighted by molar-refractivity contribution is 7.07. The van der Waals surface area contributed by atoms with Gasteiger partial charge in [-0.15, -0.1) is 0 Å². The molecule has 20 heavy (non-hydrogen) atoms. The van der Waals surface area contributed by atoms with Gasteiger partial charge in [0.05, 0.1) is 22.5 Å². The number of H-pyrrole nitrogens is 2. The molecule has 3 rings (SSSR count). The molecule has 0 fully saturated rings. The van der Waals surface area contributed by atoms with Crippen LogP contribution in [0, 0.1) is 10.1 Å². The highest BCUT2D eigenvalue weighted by Crippen LogP contribution is 2.20. The van der Waals surface area contributed by atoms with Crippen molar-refractivity contribution in [1.82, 2.24) is 15.0 Å². The summed E-state index contributed by atoms with van der Waals surface area (Å²) in [5.74, 6) is 0.493. The largest absolute Gasteiger partial charge is 0.350 e. The Hall–Kier alpha value is -2.68. The molecule has 1 aromatic carbocycles. The number of anilines is 1. The third-order valence-electron chi connectivity index (χ3n) is 2.69. The molecule has 0 amide bonds. The molecular formula is C11H9N5O3S. The van der Waals surface area contributed by atoms with Crippen molar-refractivity contribution in [2.45, 2.75) is 6.54 Å². The van der Waals surface area contributed by atoms with Crippen molar-refractivity contribution in [2.24, 2.45) is 0 Å². The first kappa shape index (κ1) is 12.4. The zero-order chi connectivity index (χ0) is 14.1. The van der Waals surface area contributed by atoms with Gasteiger partial charge in [-0.05, 0) is 6.07 Å². The maximum absolute atomic E-state index is 11.0. The van der Waals surface area contributed by atoms with E-state index in [0.29, 0.717) is 23.5 Å².